The molecule has 7 nitrogen and oxygen atoms in total. The summed E-state index contributed by atoms with van der Waals surface area (Å²) in [5.74, 6) is -1.86. The molecule has 0 bridgehead atoms. The number of aromatic nitrogens is 1. The summed E-state index contributed by atoms with van der Waals surface area (Å²) in [6.45, 7) is 9.53. The number of nitrogens with zero attached hydrogens (tertiary/aromatic N) is 2. The smallest absolute Gasteiger partial charge is 0.329 e. The molecule has 3 amide bonds. The van der Waals surface area contributed by atoms with Crippen LogP contribution in [0, 0.1) is 13.8 Å². The third kappa shape index (κ3) is 3.13. The van der Waals surface area contributed by atoms with Crippen molar-refractivity contribution in [1.82, 2.24) is 14.8 Å². The molecule has 0 aliphatic carbocycles. The summed E-state index contributed by atoms with van der Waals surface area (Å²) in [6, 6.07) is 1.22. The van der Waals surface area contributed by atoms with E-state index >= 15 is 0 Å². The lowest BCUT2D eigenvalue weighted by Crippen LogP contribution is -2.35. The van der Waals surface area contributed by atoms with E-state index in [1.807, 2.05) is 19.9 Å². The van der Waals surface area contributed by atoms with E-state index in [1.165, 1.54) is 0 Å². The van der Waals surface area contributed by atoms with E-state index in [9.17, 15) is 14.4 Å². The number of hydrogen-bond donors (Lipinski definition) is 2. The monoisotopic (exact) mass is 319 g/mol. The maximum Gasteiger partial charge on any atom is 0.329 e. The molecule has 1 aliphatic rings. The second kappa shape index (κ2) is 5.57. The minimum atomic E-state index is -1.24. The highest BCUT2D eigenvalue weighted by atomic mass is 16.4. The van der Waals surface area contributed by atoms with Crippen LogP contribution in [-0.4, -0.2) is 39.0 Å². The third-order valence-corrected chi connectivity index (χ3v) is 3.70. The highest BCUT2D eigenvalue weighted by molar-refractivity contribution is 6.15. The van der Waals surface area contributed by atoms with Crippen LogP contribution in [0.4, 0.5) is 4.79 Å². The molecule has 0 atom stereocenters. The Hall–Kier alpha value is -2.57. The van der Waals surface area contributed by atoms with Gasteiger partial charge in [0, 0.05) is 16.9 Å². The summed E-state index contributed by atoms with van der Waals surface area (Å²) in [5, 5.41) is 11.2. The number of imide groups is 1. The fourth-order valence-electron chi connectivity index (χ4n) is 2.97. The van der Waals surface area contributed by atoms with Crippen molar-refractivity contribution in [2.24, 2.45) is 0 Å². The number of carbonyl (C=O) groups is 3. The Balaban J connectivity index is 2.39. The van der Waals surface area contributed by atoms with Crippen LogP contribution in [0.1, 0.15) is 37.7 Å². The zero-order valence-electron chi connectivity index (χ0n) is 13.9. The zero-order chi connectivity index (χ0) is 17.5. The summed E-state index contributed by atoms with van der Waals surface area (Å²) in [4.78, 5) is 35.3. The lowest BCUT2D eigenvalue weighted by atomic mass is 10.1. The lowest BCUT2D eigenvalue weighted by Gasteiger charge is -2.25. The van der Waals surface area contributed by atoms with Gasteiger partial charge < -0.3 is 15.0 Å². The molecule has 1 aliphatic heterocycles. The first-order valence-electron chi connectivity index (χ1n) is 7.28. The molecule has 0 radical (unpaired) electrons. The summed E-state index contributed by atoms with van der Waals surface area (Å²) < 4.78 is 2.15. The Bertz CT molecular complexity index is 722. The van der Waals surface area contributed by atoms with E-state index in [1.54, 1.807) is 6.08 Å². The Kier molecular flexibility index (Phi) is 4.07. The largest absolute Gasteiger partial charge is 0.480 e. The van der Waals surface area contributed by atoms with Crippen molar-refractivity contribution in [3.05, 3.63) is 28.7 Å². The van der Waals surface area contributed by atoms with Gasteiger partial charge in [-0.25, -0.2) is 9.69 Å². The molecule has 0 aromatic carbocycles. The quantitative estimate of drug-likeness (QED) is 0.657. The zero-order valence-corrected chi connectivity index (χ0v) is 13.9. The standard InChI is InChI=1S/C16H21N3O4/c1-9-6-11(10(2)19(9)16(3,4)5)7-12-14(22)18(8-13(20)21)15(23)17-12/h6-7H,8H2,1-5H3,(H,17,23)(H,20,21)/b12-7+. The third-order valence-electron chi connectivity index (χ3n) is 3.70. The number of aliphatic carboxylic acids is 1. The molecule has 1 saturated heterocycles. The Morgan fingerprint density at radius 1 is 1.30 bits per heavy atom. The number of hydrogen-bond acceptors (Lipinski definition) is 3. The molecule has 1 fully saturated rings. The average Bonchev–Trinajstić information content (AvgIpc) is 2.80. The molecule has 7 heteroatoms. The summed E-state index contributed by atoms with van der Waals surface area (Å²) in [7, 11) is 0. The van der Waals surface area contributed by atoms with Crippen molar-refractivity contribution in [3.8, 4) is 0 Å². The van der Waals surface area contributed by atoms with Crippen LogP contribution in [0.3, 0.4) is 0 Å². The first kappa shape index (κ1) is 16.8. The van der Waals surface area contributed by atoms with Gasteiger partial charge in [-0.05, 0) is 52.3 Å². The van der Waals surface area contributed by atoms with Gasteiger partial charge in [0.05, 0.1) is 0 Å². The van der Waals surface area contributed by atoms with E-state index in [-0.39, 0.29) is 11.2 Å². The predicted molar refractivity (Wildman–Crippen MR) is 84.8 cm³/mol. The first-order valence-corrected chi connectivity index (χ1v) is 7.28. The highest BCUT2D eigenvalue weighted by Crippen LogP contribution is 2.26. The number of carbonyl (C=O) groups excluding carboxylic acids is 2. The van der Waals surface area contributed by atoms with Gasteiger partial charge in [-0.3, -0.25) is 9.59 Å². The molecule has 1 aromatic rings. The number of rotatable bonds is 3. The number of urea groups is 1. The second-order valence-electron chi connectivity index (χ2n) is 6.61. The molecular weight excluding hydrogens is 298 g/mol. The van der Waals surface area contributed by atoms with Crippen LogP contribution in [0.25, 0.3) is 6.08 Å². The normalized spacial score (nSPS) is 17.1. The molecule has 1 aromatic heterocycles. The highest BCUT2D eigenvalue weighted by Gasteiger charge is 2.35. The lowest BCUT2D eigenvalue weighted by molar-refractivity contribution is -0.140. The van der Waals surface area contributed by atoms with Gasteiger partial charge in [0.25, 0.3) is 5.91 Å². The average molecular weight is 319 g/mol. The fourth-order valence-corrected chi connectivity index (χ4v) is 2.97. The van der Waals surface area contributed by atoms with Crippen molar-refractivity contribution in [3.63, 3.8) is 0 Å². The van der Waals surface area contributed by atoms with E-state index in [0.717, 1.165) is 17.0 Å². The fraction of sp³-hybridized carbons (Fsp3) is 0.438. The van der Waals surface area contributed by atoms with Gasteiger partial charge in [-0.15, -0.1) is 0 Å². The van der Waals surface area contributed by atoms with Crippen molar-refractivity contribution in [1.29, 1.82) is 0 Å². The van der Waals surface area contributed by atoms with Crippen molar-refractivity contribution < 1.29 is 19.5 Å². The molecule has 0 saturated carbocycles. The van der Waals surface area contributed by atoms with Crippen molar-refractivity contribution in [2.75, 3.05) is 6.54 Å². The van der Waals surface area contributed by atoms with E-state index in [0.29, 0.717) is 4.90 Å². The minimum absolute atomic E-state index is 0.0883. The van der Waals surface area contributed by atoms with Crippen LogP contribution < -0.4 is 5.32 Å². The van der Waals surface area contributed by atoms with Crippen LogP contribution in [-0.2, 0) is 15.1 Å². The Morgan fingerprint density at radius 2 is 1.91 bits per heavy atom. The number of nitrogens with one attached hydrogen (secondary N) is 1. The van der Waals surface area contributed by atoms with E-state index in [4.69, 9.17) is 5.11 Å². The molecule has 124 valence electrons. The summed E-state index contributed by atoms with van der Waals surface area (Å²) >= 11 is 0. The minimum Gasteiger partial charge on any atom is -0.480 e. The number of aryl methyl sites for hydroxylation is 1. The van der Waals surface area contributed by atoms with E-state index in [2.05, 4.69) is 30.7 Å². The van der Waals surface area contributed by atoms with Crippen LogP contribution in [0.5, 0.6) is 0 Å². The molecule has 2 N–H and O–H groups in total. The molecule has 2 rings (SSSR count). The molecule has 23 heavy (non-hydrogen) atoms. The van der Waals surface area contributed by atoms with Gasteiger partial charge >= 0.3 is 12.0 Å². The molecule has 0 spiro atoms. The molecule has 2 heterocycles. The predicted octanol–water partition coefficient (Wildman–Crippen LogP) is 1.84. The van der Waals surface area contributed by atoms with Crippen molar-refractivity contribution in [2.45, 2.75) is 40.2 Å². The number of carboxylic acid groups (broad SMARTS) is 1. The van der Waals surface area contributed by atoms with Gasteiger partial charge in [0.2, 0.25) is 0 Å². The Morgan fingerprint density at radius 3 is 2.39 bits per heavy atom. The SMILES string of the molecule is Cc1cc(/C=C2/NC(=O)N(CC(=O)O)C2=O)c(C)n1C(C)(C)C. The maximum absolute atomic E-state index is 12.2. The topological polar surface area (TPSA) is 91.6 Å². The van der Waals surface area contributed by atoms with E-state index < -0.39 is 24.5 Å². The maximum atomic E-state index is 12.2. The number of carboxylic acids is 1. The van der Waals surface area contributed by atoms with Gasteiger partial charge in [-0.1, -0.05) is 0 Å². The Labute approximate surface area is 134 Å². The first-order chi connectivity index (χ1) is 10.5. The van der Waals surface area contributed by atoms with Gasteiger partial charge in [-0.2, -0.15) is 0 Å². The van der Waals surface area contributed by atoms with Gasteiger partial charge in [0.15, 0.2) is 0 Å². The van der Waals surface area contributed by atoms with Crippen LogP contribution in [0.2, 0.25) is 0 Å². The molecule has 0 unspecified atom stereocenters. The van der Waals surface area contributed by atoms with Crippen molar-refractivity contribution >= 4 is 24.0 Å². The van der Waals surface area contributed by atoms with Gasteiger partial charge in [0.1, 0.15) is 12.2 Å². The van der Waals surface area contributed by atoms with Crippen LogP contribution in [0.15, 0.2) is 11.8 Å². The summed E-state index contributed by atoms with van der Waals surface area (Å²) in [5.41, 5.74) is 2.81. The summed E-state index contributed by atoms with van der Waals surface area (Å²) in [6.07, 6.45) is 1.59. The molecular formula is C16H21N3O4. The van der Waals surface area contributed by atoms with Crippen LogP contribution >= 0.6 is 0 Å². The second-order valence-corrected chi connectivity index (χ2v) is 6.61. The number of amides is 3.